The Kier molecular flexibility index (Phi) is 5.59. The van der Waals surface area contributed by atoms with Gasteiger partial charge < -0.3 is 15.8 Å². The van der Waals surface area contributed by atoms with Crippen molar-refractivity contribution in [2.75, 3.05) is 11.9 Å². The molecule has 5 rings (SSSR count). The van der Waals surface area contributed by atoms with Crippen molar-refractivity contribution in [3.63, 3.8) is 0 Å². The molecule has 0 spiro atoms. The van der Waals surface area contributed by atoms with Crippen molar-refractivity contribution >= 4 is 22.9 Å². The number of rotatable bonds is 4. The molecule has 0 radical (unpaired) electrons. The van der Waals surface area contributed by atoms with Gasteiger partial charge >= 0.3 is 0 Å². The van der Waals surface area contributed by atoms with Crippen LogP contribution in [0, 0.1) is 0 Å². The maximum absolute atomic E-state index is 12.9. The van der Waals surface area contributed by atoms with Crippen LogP contribution in [0.5, 0.6) is 0 Å². The van der Waals surface area contributed by atoms with Gasteiger partial charge in [-0.15, -0.1) is 11.3 Å². The highest BCUT2D eigenvalue weighted by atomic mass is 32.1. The average molecular weight is 442 g/mol. The quantitative estimate of drug-likeness (QED) is 0.644. The van der Waals surface area contributed by atoms with E-state index in [1.54, 1.807) is 20.9 Å². The van der Waals surface area contributed by atoms with E-state index in [1.807, 2.05) is 13.2 Å². The summed E-state index contributed by atoms with van der Waals surface area (Å²) in [6.45, 7) is 0.605. The first kappa shape index (κ1) is 20.3. The highest BCUT2D eigenvalue weighted by molar-refractivity contribution is 7.12. The molecule has 1 fully saturated rings. The van der Waals surface area contributed by atoms with Crippen LogP contribution in [0.25, 0.3) is 5.13 Å². The van der Waals surface area contributed by atoms with Gasteiger partial charge in [0.15, 0.2) is 0 Å². The zero-order valence-electron chi connectivity index (χ0n) is 17.6. The highest BCUT2D eigenvalue weighted by Gasteiger charge is 2.26. The number of carbonyl (C=O) groups is 1. The van der Waals surface area contributed by atoms with Gasteiger partial charge in [0.25, 0.3) is 5.91 Å². The third kappa shape index (κ3) is 4.15. The van der Waals surface area contributed by atoms with Crippen LogP contribution in [0.15, 0.2) is 17.8 Å². The lowest BCUT2D eigenvalue weighted by molar-refractivity contribution is 0.0529. The van der Waals surface area contributed by atoms with Gasteiger partial charge in [0.1, 0.15) is 11.8 Å². The molecule has 1 aliphatic carbocycles. The lowest BCUT2D eigenvalue weighted by Crippen LogP contribution is -2.19. The lowest BCUT2D eigenvalue weighted by Gasteiger charge is -2.17. The second kappa shape index (κ2) is 8.52. The predicted molar refractivity (Wildman–Crippen MR) is 118 cm³/mol. The van der Waals surface area contributed by atoms with Gasteiger partial charge in [-0.05, 0) is 50.5 Å². The van der Waals surface area contributed by atoms with E-state index in [1.165, 1.54) is 29.7 Å². The van der Waals surface area contributed by atoms with Crippen molar-refractivity contribution in [3.8, 4) is 5.13 Å². The van der Waals surface area contributed by atoms with E-state index in [0.717, 1.165) is 43.5 Å². The summed E-state index contributed by atoms with van der Waals surface area (Å²) in [7, 11) is 1.86. The maximum Gasteiger partial charge on any atom is 0.275 e. The average Bonchev–Trinajstić information content (AvgIpc) is 3.46. The summed E-state index contributed by atoms with van der Waals surface area (Å²) in [4.78, 5) is 17.4. The molecule has 1 amide bonds. The van der Waals surface area contributed by atoms with Gasteiger partial charge in [-0.2, -0.15) is 10.2 Å². The minimum absolute atomic E-state index is 0.141. The SMILES string of the molecule is Cn1ncc(NC(=O)c2csc(-n3cc4c(n3)CCCC4)n2)c1C1CCC(N)CCO1. The summed E-state index contributed by atoms with van der Waals surface area (Å²) in [6.07, 6.45) is 10.5. The fourth-order valence-electron chi connectivity index (χ4n) is 4.33. The minimum Gasteiger partial charge on any atom is -0.372 e. The molecular weight excluding hydrogens is 414 g/mol. The Morgan fingerprint density at radius 1 is 1.29 bits per heavy atom. The molecule has 4 heterocycles. The second-order valence-corrected chi connectivity index (χ2v) is 9.11. The first-order valence-corrected chi connectivity index (χ1v) is 11.7. The van der Waals surface area contributed by atoms with Crippen LogP contribution in [0.2, 0.25) is 0 Å². The summed E-state index contributed by atoms with van der Waals surface area (Å²) in [5, 5.41) is 14.4. The van der Waals surface area contributed by atoms with Crippen molar-refractivity contribution in [2.24, 2.45) is 12.8 Å². The van der Waals surface area contributed by atoms with E-state index < -0.39 is 0 Å². The van der Waals surface area contributed by atoms with E-state index in [0.29, 0.717) is 23.1 Å². The molecular formula is C21H27N7O2S. The summed E-state index contributed by atoms with van der Waals surface area (Å²) >= 11 is 1.41. The van der Waals surface area contributed by atoms with Crippen LogP contribution in [-0.4, -0.2) is 43.1 Å². The van der Waals surface area contributed by atoms with Crippen LogP contribution in [0.1, 0.15) is 65.6 Å². The van der Waals surface area contributed by atoms with Crippen molar-refractivity contribution < 1.29 is 9.53 Å². The monoisotopic (exact) mass is 441 g/mol. The largest absolute Gasteiger partial charge is 0.372 e. The Balaban J connectivity index is 1.33. The first-order chi connectivity index (χ1) is 15.1. The van der Waals surface area contributed by atoms with Gasteiger partial charge in [-0.25, -0.2) is 9.67 Å². The molecule has 3 aromatic heterocycles. The van der Waals surface area contributed by atoms with Crippen molar-refractivity contribution in [1.29, 1.82) is 0 Å². The molecule has 2 unspecified atom stereocenters. The number of nitrogens with zero attached hydrogens (tertiary/aromatic N) is 5. The van der Waals surface area contributed by atoms with Crippen molar-refractivity contribution in [3.05, 3.63) is 40.4 Å². The van der Waals surface area contributed by atoms with Crippen LogP contribution in [0.3, 0.4) is 0 Å². The topological polar surface area (TPSA) is 113 Å². The molecule has 31 heavy (non-hydrogen) atoms. The van der Waals surface area contributed by atoms with Crippen LogP contribution in [0.4, 0.5) is 5.69 Å². The van der Waals surface area contributed by atoms with Crippen LogP contribution < -0.4 is 11.1 Å². The van der Waals surface area contributed by atoms with E-state index in [-0.39, 0.29) is 18.1 Å². The number of fused-ring (bicyclic) bond motifs is 1. The summed E-state index contributed by atoms with van der Waals surface area (Å²) in [5.41, 5.74) is 10.4. The highest BCUT2D eigenvalue weighted by Crippen LogP contribution is 2.32. The normalized spacial score (nSPS) is 21.5. The van der Waals surface area contributed by atoms with E-state index >= 15 is 0 Å². The second-order valence-electron chi connectivity index (χ2n) is 8.27. The van der Waals surface area contributed by atoms with E-state index in [9.17, 15) is 4.79 Å². The fraction of sp³-hybridized carbons (Fsp3) is 0.524. The van der Waals surface area contributed by atoms with Crippen molar-refractivity contribution in [1.82, 2.24) is 24.5 Å². The fourth-order valence-corrected chi connectivity index (χ4v) is 5.06. The minimum atomic E-state index is -0.265. The third-order valence-corrected chi connectivity index (χ3v) is 6.88. The standard InChI is InChI=1S/C21H27N7O2S/c1-27-19(18-7-6-14(22)8-9-30-18)16(10-23-27)24-20(29)17-12-31-21(25-17)28-11-13-4-2-3-5-15(13)26-28/h10-12,14,18H,2-9,22H2,1H3,(H,24,29). The number of carbonyl (C=O) groups excluding carboxylic acids is 1. The maximum atomic E-state index is 12.9. The predicted octanol–water partition coefficient (Wildman–Crippen LogP) is 2.76. The first-order valence-electron chi connectivity index (χ1n) is 10.8. The molecule has 0 saturated carbocycles. The van der Waals surface area contributed by atoms with Gasteiger partial charge in [-0.3, -0.25) is 9.48 Å². The lowest BCUT2D eigenvalue weighted by atomic mass is 9.99. The number of nitrogens with one attached hydrogen (secondary N) is 1. The number of aromatic nitrogens is 5. The number of aryl methyl sites for hydroxylation is 3. The zero-order chi connectivity index (χ0) is 21.4. The smallest absolute Gasteiger partial charge is 0.275 e. The zero-order valence-corrected chi connectivity index (χ0v) is 18.4. The molecule has 9 nitrogen and oxygen atoms in total. The molecule has 0 bridgehead atoms. The number of thiazole rings is 1. The van der Waals surface area contributed by atoms with Crippen LogP contribution in [-0.2, 0) is 24.6 Å². The molecule has 164 valence electrons. The summed E-state index contributed by atoms with van der Waals surface area (Å²) < 4.78 is 9.57. The molecule has 1 saturated heterocycles. The van der Waals surface area contributed by atoms with Gasteiger partial charge in [0.2, 0.25) is 5.13 Å². The number of hydrogen-bond donors (Lipinski definition) is 2. The Morgan fingerprint density at radius 3 is 3.03 bits per heavy atom. The molecule has 2 atom stereocenters. The van der Waals surface area contributed by atoms with Crippen molar-refractivity contribution in [2.45, 2.75) is 57.1 Å². The van der Waals surface area contributed by atoms with Gasteiger partial charge in [-0.1, -0.05) is 0 Å². The number of anilines is 1. The number of nitrogens with two attached hydrogens (primary N) is 1. The molecule has 2 aliphatic rings. The third-order valence-electron chi connectivity index (χ3n) is 6.05. The summed E-state index contributed by atoms with van der Waals surface area (Å²) in [5.74, 6) is -0.265. The Bertz CT molecular complexity index is 1060. The van der Waals surface area contributed by atoms with Crippen LogP contribution >= 0.6 is 11.3 Å². The molecule has 1 aliphatic heterocycles. The van der Waals surface area contributed by atoms with Gasteiger partial charge in [0, 0.05) is 31.3 Å². The Hall–Kier alpha value is -2.56. The molecule has 3 aromatic rings. The van der Waals surface area contributed by atoms with E-state index in [2.05, 4.69) is 20.5 Å². The molecule has 0 aromatic carbocycles. The number of hydrogen-bond acceptors (Lipinski definition) is 7. The molecule has 3 N–H and O–H groups in total. The summed E-state index contributed by atoms with van der Waals surface area (Å²) in [6, 6.07) is 0.151. The Morgan fingerprint density at radius 2 is 2.16 bits per heavy atom. The molecule has 10 heteroatoms. The number of ether oxygens (including phenoxy) is 1. The van der Waals surface area contributed by atoms with Gasteiger partial charge in [0.05, 0.1) is 23.3 Å². The van der Waals surface area contributed by atoms with E-state index in [4.69, 9.17) is 10.5 Å². The number of amides is 1. The Labute approximate surface area is 184 Å².